The van der Waals surface area contributed by atoms with E-state index < -0.39 is 0 Å². The molecule has 3 nitrogen and oxygen atoms in total. The van der Waals surface area contributed by atoms with Crippen molar-refractivity contribution in [2.45, 2.75) is 45.6 Å². The summed E-state index contributed by atoms with van der Waals surface area (Å²) in [6, 6.07) is 8.39. The number of ether oxygens (including phenoxy) is 1. The monoisotopic (exact) mass is 248 g/mol. The van der Waals surface area contributed by atoms with Gasteiger partial charge in [-0.25, -0.2) is 0 Å². The zero-order chi connectivity index (χ0) is 13.0. The van der Waals surface area contributed by atoms with Crippen LogP contribution in [0.2, 0.25) is 0 Å². The topological polar surface area (TPSA) is 47.3 Å². The minimum atomic E-state index is 0.169. The van der Waals surface area contributed by atoms with Crippen molar-refractivity contribution in [2.75, 3.05) is 6.61 Å². The molecule has 3 heteroatoms. The highest BCUT2D eigenvalue weighted by Crippen LogP contribution is 2.48. The molecule has 0 saturated heterocycles. The van der Waals surface area contributed by atoms with E-state index in [2.05, 4.69) is 24.5 Å². The van der Waals surface area contributed by atoms with Crippen LogP contribution in [0.25, 0.3) is 0 Å². The fourth-order valence-corrected chi connectivity index (χ4v) is 3.14. The highest BCUT2D eigenvalue weighted by Gasteiger charge is 2.38. The minimum absolute atomic E-state index is 0.169. The summed E-state index contributed by atoms with van der Waals surface area (Å²) in [5.74, 6) is 6.78. The minimum Gasteiger partial charge on any atom is -0.494 e. The van der Waals surface area contributed by atoms with Crippen molar-refractivity contribution in [3.05, 3.63) is 29.8 Å². The summed E-state index contributed by atoms with van der Waals surface area (Å²) in [7, 11) is 0. The Morgan fingerprint density at radius 2 is 2.00 bits per heavy atom. The lowest BCUT2D eigenvalue weighted by atomic mass is 9.77. The van der Waals surface area contributed by atoms with E-state index in [1.54, 1.807) is 0 Å². The molecule has 0 aliphatic heterocycles. The van der Waals surface area contributed by atoms with Crippen molar-refractivity contribution in [1.82, 2.24) is 5.43 Å². The third kappa shape index (κ3) is 2.52. The van der Waals surface area contributed by atoms with E-state index in [0.29, 0.717) is 6.61 Å². The van der Waals surface area contributed by atoms with E-state index in [9.17, 15) is 0 Å². The van der Waals surface area contributed by atoms with Crippen LogP contribution in [0.1, 0.15) is 51.1 Å². The molecule has 1 aromatic carbocycles. The molecular formula is C15H24N2O. The second-order valence-corrected chi connectivity index (χ2v) is 5.43. The van der Waals surface area contributed by atoms with Crippen molar-refractivity contribution < 1.29 is 4.74 Å². The Balaban J connectivity index is 2.32. The van der Waals surface area contributed by atoms with Crippen molar-refractivity contribution in [3.63, 3.8) is 0 Å². The Hall–Kier alpha value is -1.06. The molecule has 1 aliphatic carbocycles. The molecule has 0 spiro atoms. The Kier molecular flexibility index (Phi) is 4.25. The van der Waals surface area contributed by atoms with Gasteiger partial charge < -0.3 is 4.74 Å². The van der Waals surface area contributed by atoms with Crippen molar-refractivity contribution in [2.24, 2.45) is 11.3 Å². The van der Waals surface area contributed by atoms with E-state index in [0.717, 1.165) is 5.75 Å². The van der Waals surface area contributed by atoms with E-state index in [4.69, 9.17) is 10.6 Å². The molecule has 18 heavy (non-hydrogen) atoms. The highest BCUT2D eigenvalue weighted by molar-refractivity contribution is 5.37. The van der Waals surface area contributed by atoms with Crippen LogP contribution in [-0.4, -0.2) is 6.61 Å². The van der Waals surface area contributed by atoms with Crippen LogP contribution in [0.4, 0.5) is 0 Å². The third-order valence-corrected chi connectivity index (χ3v) is 4.14. The van der Waals surface area contributed by atoms with Gasteiger partial charge in [0, 0.05) is 5.56 Å². The lowest BCUT2D eigenvalue weighted by molar-refractivity contribution is 0.217. The standard InChI is InChI=1S/C15H24N2O/c1-3-18-13-9-5-4-8-12(13)14(17-16)15(2)10-6-7-11-15/h4-5,8-9,14,17H,3,6-7,10-11,16H2,1-2H3. The van der Waals surface area contributed by atoms with Crippen LogP contribution in [0, 0.1) is 5.41 Å². The zero-order valence-corrected chi connectivity index (χ0v) is 11.4. The molecule has 100 valence electrons. The summed E-state index contributed by atoms with van der Waals surface area (Å²) in [5.41, 5.74) is 4.44. The first-order valence-electron chi connectivity index (χ1n) is 6.89. The summed E-state index contributed by atoms with van der Waals surface area (Å²) in [6.45, 7) is 5.03. The number of rotatable bonds is 5. The quantitative estimate of drug-likeness (QED) is 0.621. The van der Waals surface area contributed by atoms with Gasteiger partial charge in [0.1, 0.15) is 5.75 Å². The van der Waals surface area contributed by atoms with Gasteiger partial charge in [-0.05, 0) is 31.2 Å². The van der Waals surface area contributed by atoms with Gasteiger partial charge in [-0.1, -0.05) is 38.0 Å². The van der Waals surface area contributed by atoms with Crippen LogP contribution in [0.15, 0.2) is 24.3 Å². The molecule has 1 aliphatic rings. The molecule has 0 bridgehead atoms. The molecule has 1 unspecified atom stereocenters. The number of benzene rings is 1. The third-order valence-electron chi connectivity index (χ3n) is 4.14. The molecule has 2 rings (SSSR count). The second-order valence-electron chi connectivity index (χ2n) is 5.43. The first-order chi connectivity index (χ1) is 8.71. The maximum Gasteiger partial charge on any atom is 0.124 e. The van der Waals surface area contributed by atoms with Crippen LogP contribution in [0.5, 0.6) is 5.75 Å². The van der Waals surface area contributed by atoms with Gasteiger partial charge in [0.2, 0.25) is 0 Å². The van der Waals surface area contributed by atoms with Gasteiger partial charge in [-0.2, -0.15) is 0 Å². The predicted octanol–water partition coefficient (Wildman–Crippen LogP) is 3.17. The van der Waals surface area contributed by atoms with Gasteiger partial charge in [0.15, 0.2) is 0 Å². The van der Waals surface area contributed by atoms with E-state index in [-0.39, 0.29) is 11.5 Å². The predicted molar refractivity (Wildman–Crippen MR) is 74.3 cm³/mol. The summed E-state index contributed by atoms with van der Waals surface area (Å²) in [5, 5.41) is 0. The fraction of sp³-hybridized carbons (Fsp3) is 0.600. The van der Waals surface area contributed by atoms with Gasteiger partial charge in [0.05, 0.1) is 12.6 Å². The highest BCUT2D eigenvalue weighted by atomic mass is 16.5. The normalized spacial score (nSPS) is 19.7. The molecule has 0 amide bonds. The number of hydrazine groups is 1. The van der Waals surface area contributed by atoms with E-state index in [1.165, 1.54) is 31.2 Å². The summed E-state index contributed by atoms with van der Waals surface area (Å²) >= 11 is 0. The number of hydrogen-bond donors (Lipinski definition) is 2. The molecule has 1 fully saturated rings. The van der Waals surface area contributed by atoms with Crippen LogP contribution < -0.4 is 16.0 Å². The number of nitrogens with two attached hydrogens (primary N) is 1. The Morgan fingerprint density at radius 1 is 1.33 bits per heavy atom. The number of para-hydroxylation sites is 1. The molecule has 0 aromatic heterocycles. The average molecular weight is 248 g/mol. The molecule has 3 N–H and O–H groups in total. The molecule has 0 radical (unpaired) electrons. The second kappa shape index (κ2) is 5.72. The largest absolute Gasteiger partial charge is 0.494 e. The fourth-order valence-electron chi connectivity index (χ4n) is 3.14. The lowest BCUT2D eigenvalue weighted by Crippen LogP contribution is -2.38. The van der Waals surface area contributed by atoms with Crippen molar-refractivity contribution >= 4 is 0 Å². The number of nitrogens with one attached hydrogen (secondary N) is 1. The summed E-state index contributed by atoms with van der Waals surface area (Å²) < 4.78 is 5.73. The van der Waals surface area contributed by atoms with Crippen molar-refractivity contribution in [3.8, 4) is 5.75 Å². The summed E-state index contributed by atoms with van der Waals surface area (Å²) in [6.07, 6.45) is 5.04. The molecule has 1 aromatic rings. The molecule has 1 atom stereocenters. The maximum absolute atomic E-state index is 5.83. The Labute approximate surface area is 110 Å². The van der Waals surface area contributed by atoms with E-state index in [1.807, 2.05) is 19.1 Å². The number of hydrogen-bond acceptors (Lipinski definition) is 3. The maximum atomic E-state index is 5.83. The van der Waals surface area contributed by atoms with Crippen LogP contribution >= 0.6 is 0 Å². The summed E-state index contributed by atoms with van der Waals surface area (Å²) in [4.78, 5) is 0. The van der Waals surface area contributed by atoms with Gasteiger partial charge in [-0.3, -0.25) is 11.3 Å². The Bertz CT molecular complexity index is 386. The van der Waals surface area contributed by atoms with Crippen LogP contribution in [-0.2, 0) is 0 Å². The first-order valence-corrected chi connectivity index (χ1v) is 6.89. The molecule has 1 saturated carbocycles. The van der Waals surface area contributed by atoms with Crippen LogP contribution in [0.3, 0.4) is 0 Å². The van der Waals surface area contributed by atoms with Gasteiger partial charge >= 0.3 is 0 Å². The SMILES string of the molecule is CCOc1ccccc1C(NN)C1(C)CCCC1. The van der Waals surface area contributed by atoms with Gasteiger partial charge in [-0.15, -0.1) is 0 Å². The first kappa shape index (κ1) is 13.4. The smallest absolute Gasteiger partial charge is 0.124 e. The molecule has 0 heterocycles. The average Bonchev–Trinajstić information content (AvgIpc) is 2.80. The van der Waals surface area contributed by atoms with Crippen molar-refractivity contribution in [1.29, 1.82) is 0 Å². The van der Waals surface area contributed by atoms with Gasteiger partial charge in [0.25, 0.3) is 0 Å². The Morgan fingerprint density at radius 3 is 2.61 bits per heavy atom. The zero-order valence-electron chi connectivity index (χ0n) is 11.4. The van der Waals surface area contributed by atoms with E-state index >= 15 is 0 Å². The molecular weight excluding hydrogens is 224 g/mol. The lowest BCUT2D eigenvalue weighted by Gasteiger charge is -2.34.